The van der Waals surface area contributed by atoms with Crippen molar-refractivity contribution in [2.75, 3.05) is 19.8 Å². The van der Waals surface area contributed by atoms with Gasteiger partial charge in [0.15, 0.2) is 0 Å². The summed E-state index contributed by atoms with van der Waals surface area (Å²) in [7, 11) is 0. The molecule has 43 heavy (non-hydrogen) atoms. The third kappa shape index (κ3) is 8.76. The fourth-order valence-corrected chi connectivity index (χ4v) is 5.97. The van der Waals surface area contributed by atoms with E-state index in [9.17, 15) is 9.90 Å². The van der Waals surface area contributed by atoms with Crippen LogP contribution >= 0.6 is 0 Å². The molecule has 1 saturated carbocycles. The molecule has 4 N–H and O–H groups in total. The Hall–Kier alpha value is -3.50. The number of fused-ring (bicyclic) bond motifs is 1. The first kappa shape index (κ1) is 30.9. The Morgan fingerprint density at radius 2 is 1.88 bits per heavy atom. The normalized spacial score (nSPS) is 20.9. The maximum absolute atomic E-state index is 13.1. The number of nitrogens with two attached hydrogens (primary N) is 1. The standard InChI is InChI=1S/C34H44N4O5/c1-2-3-19-41-27-13-9-24(10-14-27)21-30(37-34(40)43-33-16-15-32-28(33)17-20-42-32)31(39)23-38(35)22-25-7-11-26(12-8-25)29-6-4-5-18-36-29/h4-14,18,28,30-33,39H,2-3,15-17,19-23,35H2,1H3,(H,37,40)/t28-,30+,31+,32-,33+/m1/s1. The molecule has 1 aliphatic carbocycles. The molecule has 2 aromatic carbocycles. The van der Waals surface area contributed by atoms with Crippen LogP contribution in [-0.2, 0) is 22.4 Å². The van der Waals surface area contributed by atoms with Crippen LogP contribution in [0.15, 0.2) is 72.9 Å². The lowest BCUT2D eigenvalue weighted by molar-refractivity contribution is 0.0447. The van der Waals surface area contributed by atoms with E-state index in [4.69, 9.17) is 20.1 Å². The van der Waals surface area contributed by atoms with Crippen molar-refractivity contribution >= 4 is 6.09 Å². The summed E-state index contributed by atoms with van der Waals surface area (Å²) < 4.78 is 17.4. The lowest BCUT2D eigenvalue weighted by atomic mass is 10.0. The van der Waals surface area contributed by atoms with Gasteiger partial charge < -0.3 is 24.6 Å². The van der Waals surface area contributed by atoms with Crippen LogP contribution in [0.1, 0.15) is 50.2 Å². The number of benzene rings is 2. The number of hydrogen-bond donors (Lipinski definition) is 3. The summed E-state index contributed by atoms with van der Waals surface area (Å²) in [4.78, 5) is 17.5. The first-order chi connectivity index (χ1) is 21.0. The summed E-state index contributed by atoms with van der Waals surface area (Å²) in [6, 6.07) is 21.1. The summed E-state index contributed by atoms with van der Waals surface area (Å²) in [6.07, 6.45) is 5.44. The van der Waals surface area contributed by atoms with E-state index in [1.807, 2.05) is 66.7 Å². The number of aromatic nitrogens is 1. The van der Waals surface area contributed by atoms with Crippen molar-refractivity contribution in [3.8, 4) is 17.0 Å². The molecule has 5 rings (SSSR count). The highest BCUT2D eigenvalue weighted by Gasteiger charge is 2.42. The number of hydrazine groups is 1. The number of carbonyl (C=O) groups excluding carboxylic acids is 1. The van der Waals surface area contributed by atoms with E-state index in [0.29, 0.717) is 26.2 Å². The first-order valence-electron chi connectivity index (χ1n) is 15.5. The second-order valence-electron chi connectivity index (χ2n) is 11.6. The lowest BCUT2D eigenvalue weighted by Gasteiger charge is -2.28. The number of hydrogen-bond acceptors (Lipinski definition) is 8. The number of unbranched alkanes of at least 4 members (excludes halogenated alkanes) is 1. The molecule has 2 heterocycles. The van der Waals surface area contributed by atoms with Crippen LogP contribution in [0.4, 0.5) is 4.79 Å². The molecule has 0 spiro atoms. The van der Waals surface area contributed by atoms with E-state index in [0.717, 1.165) is 60.2 Å². The van der Waals surface area contributed by atoms with E-state index in [1.165, 1.54) is 0 Å². The van der Waals surface area contributed by atoms with E-state index in [2.05, 4.69) is 17.2 Å². The van der Waals surface area contributed by atoms with Crippen molar-refractivity contribution in [3.63, 3.8) is 0 Å². The van der Waals surface area contributed by atoms with E-state index >= 15 is 0 Å². The fourth-order valence-electron chi connectivity index (χ4n) is 5.97. The number of rotatable bonds is 14. The molecule has 2 fully saturated rings. The van der Waals surface area contributed by atoms with Gasteiger partial charge in [0.25, 0.3) is 0 Å². The smallest absolute Gasteiger partial charge is 0.407 e. The van der Waals surface area contributed by atoms with Gasteiger partial charge in [0.2, 0.25) is 0 Å². The minimum absolute atomic E-state index is 0.160. The van der Waals surface area contributed by atoms with Gasteiger partial charge in [0.05, 0.1) is 30.6 Å². The number of aliphatic hydroxyl groups is 1. The Kier molecular flexibility index (Phi) is 11.0. The number of aliphatic hydroxyl groups excluding tert-OH is 1. The molecule has 0 unspecified atom stereocenters. The Morgan fingerprint density at radius 3 is 2.63 bits per heavy atom. The third-order valence-corrected chi connectivity index (χ3v) is 8.37. The zero-order chi connectivity index (χ0) is 30.0. The van der Waals surface area contributed by atoms with E-state index in [1.54, 1.807) is 11.2 Å². The summed E-state index contributed by atoms with van der Waals surface area (Å²) in [5.74, 6) is 7.42. The molecular formula is C34H44N4O5. The number of carbonyl (C=O) groups is 1. The van der Waals surface area contributed by atoms with Gasteiger partial charge in [-0.2, -0.15) is 0 Å². The predicted octanol–water partition coefficient (Wildman–Crippen LogP) is 4.87. The van der Waals surface area contributed by atoms with Crippen molar-refractivity contribution < 1.29 is 24.1 Å². The van der Waals surface area contributed by atoms with Gasteiger partial charge in [-0.15, -0.1) is 0 Å². The first-order valence-corrected chi connectivity index (χ1v) is 15.5. The zero-order valence-electron chi connectivity index (χ0n) is 24.9. The minimum atomic E-state index is -0.933. The quantitative estimate of drug-likeness (QED) is 0.139. The van der Waals surface area contributed by atoms with Gasteiger partial charge in [-0.1, -0.05) is 55.8 Å². The Balaban J connectivity index is 1.20. The van der Waals surface area contributed by atoms with Crippen LogP contribution in [0, 0.1) is 5.92 Å². The number of ether oxygens (including phenoxy) is 3. The largest absolute Gasteiger partial charge is 0.494 e. The number of nitrogens with one attached hydrogen (secondary N) is 1. The molecule has 1 amide bonds. The number of alkyl carbamates (subject to hydrolysis) is 1. The SMILES string of the molecule is CCCCOc1ccc(C[C@H](NC(=O)O[C@H]2CC[C@H]3OCC[C@@H]23)[C@@H](O)CN(N)Cc2ccc(-c3ccccn3)cc2)cc1. The highest BCUT2D eigenvalue weighted by atomic mass is 16.6. The average molecular weight is 589 g/mol. The third-order valence-electron chi connectivity index (χ3n) is 8.37. The molecule has 1 saturated heterocycles. The summed E-state index contributed by atoms with van der Waals surface area (Å²) in [5.41, 5.74) is 3.90. The van der Waals surface area contributed by atoms with Crippen LogP contribution in [-0.4, -0.2) is 65.3 Å². The second-order valence-corrected chi connectivity index (χ2v) is 11.6. The monoisotopic (exact) mass is 588 g/mol. The van der Waals surface area contributed by atoms with Crippen LogP contribution in [0.3, 0.4) is 0 Å². The Bertz CT molecular complexity index is 1270. The maximum Gasteiger partial charge on any atom is 0.407 e. The second kappa shape index (κ2) is 15.3. The van der Waals surface area contributed by atoms with Crippen molar-refractivity contribution in [1.82, 2.24) is 15.3 Å². The Morgan fingerprint density at radius 1 is 1.09 bits per heavy atom. The van der Waals surface area contributed by atoms with Crippen molar-refractivity contribution in [2.45, 2.75) is 76.3 Å². The fraction of sp³-hybridized carbons (Fsp3) is 0.471. The van der Waals surface area contributed by atoms with Gasteiger partial charge in [-0.05, 0) is 67.5 Å². The Labute approximate surface area is 254 Å². The summed E-state index contributed by atoms with van der Waals surface area (Å²) in [6.45, 7) is 4.12. The molecule has 5 atom stereocenters. The highest BCUT2D eigenvalue weighted by molar-refractivity contribution is 5.68. The predicted molar refractivity (Wildman–Crippen MR) is 165 cm³/mol. The molecule has 1 aliphatic heterocycles. The van der Waals surface area contributed by atoms with Gasteiger partial charge in [0.1, 0.15) is 11.9 Å². The van der Waals surface area contributed by atoms with Gasteiger partial charge in [-0.25, -0.2) is 9.80 Å². The molecular weight excluding hydrogens is 544 g/mol. The molecule has 9 nitrogen and oxygen atoms in total. The number of nitrogens with zero attached hydrogens (tertiary/aromatic N) is 2. The average Bonchev–Trinajstić information content (AvgIpc) is 3.64. The van der Waals surface area contributed by atoms with Crippen LogP contribution in [0.5, 0.6) is 5.75 Å². The molecule has 1 aromatic heterocycles. The molecule has 0 bridgehead atoms. The molecule has 230 valence electrons. The number of amides is 1. The molecule has 2 aliphatic rings. The van der Waals surface area contributed by atoms with Crippen LogP contribution in [0.2, 0.25) is 0 Å². The lowest BCUT2D eigenvalue weighted by Crippen LogP contribution is -2.51. The molecule has 9 heteroatoms. The molecule has 3 aromatic rings. The van der Waals surface area contributed by atoms with Crippen molar-refractivity contribution in [1.29, 1.82) is 0 Å². The van der Waals surface area contributed by atoms with Gasteiger partial charge in [0, 0.05) is 37.4 Å². The summed E-state index contributed by atoms with van der Waals surface area (Å²) >= 11 is 0. The zero-order valence-corrected chi connectivity index (χ0v) is 24.9. The van der Waals surface area contributed by atoms with E-state index in [-0.39, 0.29) is 24.7 Å². The van der Waals surface area contributed by atoms with Crippen LogP contribution < -0.4 is 15.9 Å². The maximum atomic E-state index is 13.1. The topological polar surface area (TPSA) is 119 Å². The number of pyridine rings is 1. The van der Waals surface area contributed by atoms with Gasteiger partial charge in [-0.3, -0.25) is 10.8 Å². The van der Waals surface area contributed by atoms with Crippen molar-refractivity contribution in [2.24, 2.45) is 11.8 Å². The van der Waals surface area contributed by atoms with E-state index < -0.39 is 18.2 Å². The minimum Gasteiger partial charge on any atom is -0.494 e. The highest BCUT2D eigenvalue weighted by Crippen LogP contribution is 2.37. The molecule has 0 radical (unpaired) electrons. The summed E-state index contributed by atoms with van der Waals surface area (Å²) in [5, 5.41) is 15.8. The van der Waals surface area contributed by atoms with Crippen molar-refractivity contribution in [3.05, 3.63) is 84.1 Å². The van der Waals surface area contributed by atoms with Gasteiger partial charge >= 0.3 is 6.09 Å². The van der Waals surface area contributed by atoms with Crippen LogP contribution in [0.25, 0.3) is 11.3 Å².